The second-order valence-corrected chi connectivity index (χ2v) is 3.82. The second-order valence-electron chi connectivity index (χ2n) is 3.82. The maximum atomic E-state index is 5.32. The van der Waals surface area contributed by atoms with Gasteiger partial charge in [0, 0.05) is 6.04 Å². The molecule has 1 saturated heterocycles. The van der Waals surface area contributed by atoms with Crippen LogP contribution in [-0.4, -0.2) is 13.7 Å². The third-order valence-corrected chi connectivity index (χ3v) is 2.98. The van der Waals surface area contributed by atoms with E-state index in [4.69, 9.17) is 4.74 Å². The Bertz CT molecular complexity index is 316. The van der Waals surface area contributed by atoms with Crippen molar-refractivity contribution in [1.29, 1.82) is 0 Å². The van der Waals surface area contributed by atoms with E-state index in [0.29, 0.717) is 6.04 Å². The molecular weight excluding hydrogens is 174 g/mol. The lowest BCUT2D eigenvalue weighted by atomic mass is 9.99. The van der Waals surface area contributed by atoms with Crippen molar-refractivity contribution in [3.05, 3.63) is 29.3 Å². The van der Waals surface area contributed by atoms with Crippen LogP contribution in [0.4, 0.5) is 0 Å². The SMILES string of the molecule is COc1cccc([C@H]2CCCN2)c1C. The van der Waals surface area contributed by atoms with E-state index in [1.54, 1.807) is 7.11 Å². The summed E-state index contributed by atoms with van der Waals surface area (Å²) in [7, 11) is 1.73. The van der Waals surface area contributed by atoms with Crippen LogP contribution in [0.5, 0.6) is 5.75 Å². The Morgan fingerprint density at radius 2 is 2.29 bits per heavy atom. The van der Waals surface area contributed by atoms with Gasteiger partial charge in [-0.3, -0.25) is 0 Å². The molecule has 0 amide bonds. The Morgan fingerprint density at radius 1 is 1.43 bits per heavy atom. The van der Waals surface area contributed by atoms with E-state index < -0.39 is 0 Å². The summed E-state index contributed by atoms with van der Waals surface area (Å²) in [4.78, 5) is 0. The summed E-state index contributed by atoms with van der Waals surface area (Å²) in [6.45, 7) is 3.27. The zero-order valence-electron chi connectivity index (χ0n) is 8.84. The molecule has 0 aromatic heterocycles. The van der Waals surface area contributed by atoms with Gasteiger partial charge in [-0.1, -0.05) is 12.1 Å². The number of ether oxygens (including phenoxy) is 1. The fraction of sp³-hybridized carbons (Fsp3) is 0.500. The number of hydrogen-bond acceptors (Lipinski definition) is 2. The van der Waals surface area contributed by atoms with Crippen molar-refractivity contribution >= 4 is 0 Å². The molecule has 0 aliphatic carbocycles. The molecule has 1 heterocycles. The first-order chi connectivity index (χ1) is 6.83. The molecule has 2 rings (SSSR count). The van der Waals surface area contributed by atoms with E-state index in [1.807, 2.05) is 6.07 Å². The fourth-order valence-corrected chi connectivity index (χ4v) is 2.18. The molecule has 1 atom stereocenters. The van der Waals surface area contributed by atoms with Crippen molar-refractivity contribution in [2.75, 3.05) is 13.7 Å². The Labute approximate surface area is 85.3 Å². The molecule has 1 aliphatic heterocycles. The standard InChI is InChI=1S/C12H17NO/c1-9-10(11-6-4-8-13-11)5-3-7-12(9)14-2/h3,5,7,11,13H,4,6,8H2,1-2H3/t11-/m1/s1. The molecule has 0 saturated carbocycles. The second kappa shape index (κ2) is 4.01. The van der Waals surface area contributed by atoms with Crippen molar-refractivity contribution in [2.45, 2.75) is 25.8 Å². The number of hydrogen-bond donors (Lipinski definition) is 1. The van der Waals surface area contributed by atoms with Crippen molar-refractivity contribution in [3.63, 3.8) is 0 Å². The average Bonchev–Trinajstić information content (AvgIpc) is 2.71. The van der Waals surface area contributed by atoms with Gasteiger partial charge >= 0.3 is 0 Å². The Morgan fingerprint density at radius 3 is 2.93 bits per heavy atom. The summed E-state index contributed by atoms with van der Waals surface area (Å²) in [5.41, 5.74) is 2.66. The van der Waals surface area contributed by atoms with E-state index in [-0.39, 0.29) is 0 Å². The molecule has 0 bridgehead atoms. The molecule has 1 aromatic rings. The van der Waals surface area contributed by atoms with Crippen LogP contribution in [0.25, 0.3) is 0 Å². The van der Waals surface area contributed by atoms with Crippen LogP contribution in [-0.2, 0) is 0 Å². The van der Waals surface area contributed by atoms with E-state index in [1.165, 1.54) is 24.0 Å². The third kappa shape index (κ3) is 1.62. The number of methoxy groups -OCH3 is 1. The lowest BCUT2D eigenvalue weighted by molar-refractivity contribution is 0.410. The highest BCUT2D eigenvalue weighted by atomic mass is 16.5. The fourth-order valence-electron chi connectivity index (χ4n) is 2.18. The first-order valence-electron chi connectivity index (χ1n) is 5.20. The van der Waals surface area contributed by atoms with Crippen LogP contribution in [0.3, 0.4) is 0 Å². The minimum Gasteiger partial charge on any atom is -0.496 e. The normalized spacial score (nSPS) is 21.1. The summed E-state index contributed by atoms with van der Waals surface area (Å²) in [6, 6.07) is 6.82. The largest absolute Gasteiger partial charge is 0.496 e. The molecule has 0 spiro atoms. The molecule has 1 fully saturated rings. The van der Waals surface area contributed by atoms with Gasteiger partial charge < -0.3 is 10.1 Å². The van der Waals surface area contributed by atoms with E-state index in [2.05, 4.69) is 24.4 Å². The number of benzene rings is 1. The van der Waals surface area contributed by atoms with Crippen molar-refractivity contribution < 1.29 is 4.74 Å². The predicted octanol–water partition coefficient (Wildman–Crippen LogP) is 2.43. The minimum absolute atomic E-state index is 0.532. The Balaban J connectivity index is 2.32. The highest BCUT2D eigenvalue weighted by molar-refractivity contribution is 5.41. The lowest BCUT2D eigenvalue weighted by Gasteiger charge is -2.15. The quantitative estimate of drug-likeness (QED) is 0.775. The Kier molecular flexibility index (Phi) is 2.73. The molecule has 2 nitrogen and oxygen atoms in total. The molecule has 0 unspecified atom stereocenters. The molecule has 14 heavy (non-hydrogen) atoms. The van der Waals surface area contributed by atoms with Gasteiger partial charge in [-0.05, 0) is 43.5 Å². The third-order valence-electron chi connectivity index (χ3n) is 2.98. The van der Waals surface area contributed by atoms with Crippen LogP contribution < -0.4 is 10.1 Å². The number of rotatable bonds is 2. The monoisotopic (exact) mass is 191 g/mol. The van der Waals surface area contributed by atoms with Crippen LogP contribution >= 0.6 is 0 Å². The smallest absolute Gasteiger partial charge is 0.122 e. The maximum absolute atomic E-state index is 5.32. The molecule has 1 aliphatic rings. The summed E-state index contributed by atoms with van der Waals surface area (Å²) in [5.74, 6) is 0.996. The van der Waals surface area contributed by atoms with Crippen LogP contribution in [0.2, 0.25) is 0 Å². The first kappa shape index (κ1) is 9.53. The lowest BCUT2D eigenvalue weighted by Crippen LogP contribution is -2.14. The van der Waals surface area contributed by atoms with Gasteiger partial charge in [-0.15, -0.1) is 0 Å². The van der Waals surface area contributed by atoms with Gasteiger partial charge in [0.1, 0.15) is 5.75 Å². The summed E-state index contributed by atoms with van der Waals surface area (Å²) < 4.78 is 5.32. The van der Waals surface area contributed by atoms with E-state index in [0.717, 1.165) is 12.3 Å². The Hall–Kier alpha value is -1.02. The molecule has 1 N–H and O–H groups in total. The summed E-state index contributed by atoms with van der Waals surface area (Å²) in [6.07, 6.45) is 2.52. The van der Waals surface area contributed by atoms with Gasteiger partial charge in [0.2, 0.25) is 0 Å². The zero-order valence-corrected chi connectivity index (χ0v) is 8.84. The van der Waals surface area contributed by atoms with Crippen LogP contribution in [0.15, 0.2) is 18.2 Å². The molecule has 2 heteroatoms. The average molecular weight is 191 g/mol. The van der Waals surface area contributed by atoms with E-state index >= 15 is 0 Å². The van der Waals surface area contributed by atoms with Crippen molar-refractivity contribution in [3.8, 4) is 5.75 Å². The van der Waals surface area contributed by atoms with Crippen LogP contribution in [0, 0.1) is 6.92 Å². The van der Waals surface area contributed by atoms with Crippen LogP contribution in [0.1, 0.15) is 30.0 Å². The van der Waals surface area contributed by atoms with E-state index in [9.17, 15) is 0 Å². The minimum atomic E-state index is 0.532. The maximum Gasteiger partial charge on any atom is 0.122 e. The van der Waals surface area contributed by atoms with Crippen molar-refractivity contribution in [1.82, 2.24) is 5.32 Å². The molecule has 1 aromatic carbocycles. The topological polar surface area (TPSA) is 21.3 Å². The number of nitrogens with one attached hydrogen (secondary N) is 1. The predicted molar refractivity (Wildman–Crippen MR) is 57.7 cm³/mol. The van der Waals surface area contributed by atoms with Gasteiger partial charge in [0.05, 0.1) is 7.11 Å². The molecule has 76 valence electrons. The van der Waals surface area contributed by atoms with Gasteiger partial charge in [0.15, 0.2) is 0 Å². The highest BCUT2D eigenvalue weighted by Gasteiger charge is 2.18. The molecular formula is C12H17NO. The zero-order chi connectivity index (χ0) is 9.97. The first-order valence-corrected chi connectivity index (χ1v) is 5.20. The van der Waals surface area contributed by atoms with Crippen molar-refractivity contribution in [2.24, 2.45) is 0 Å². The van der Waals surface area contributed by atoms with Gasteiger partial charge in [-0.25, -0.2) is 0 Å². The summed E-state index contributed by atoms with van der Waals surface area (Å²) >= 11 is 0. The van der Waals surface area contributed by atoms with Gasteiger partial charge in [-0.2, -0.15) is 0 Å². The summed E-state index contributed by atoms with van der Waals surface area (Å²) in [5, 5.41) is 3.51. The van der Waals surface area contributed by atoms with Gasteiger partial charge in [0.25, 0.3) is 0 Å². The molecule has 0 radical (unpaired) electrons. The highest BCUT2D eigenvalue weighted by Crippen LogP contribution is 2.30.